The fraction of sp³-hybridized carbons (Fsp3) is 0.875. The third kappa shape index (κ3) is 2.86. The van der Waals surface area contributed by atoms with Gasteiger partial charge in [0.05, 0.1) is 13.1 Å². The van der Waals surface area contributed by atoms with Crippen molar-refractivity contribution < 1.29 is 9.53 Å². The third-order valence-electron chi connectivity index (χ3n) is 1.62. The zero-order valence-corrected chi connectivity index (χ0v) is 8.33. The molecule has 0 aromatic rings. The maximum atomic E-state index is 11.3. The number of hydrogen-bond donors (Lipinski definition) is 2. The van der Waals surface area contributed by atoms with Gasteiger partial charge in [0.15, 0.2) is 0 Å². The van der Waals surface area contributed by atoms with Crippen LogP contribution in [0, 0.1) is 0 Å². The normalized spacial score (nSPS) is 20.8. The molecule has 5 heteroatoms. The molecule has 0 saturated carbocycles. The second-order valence-electron chi connectivity index (χ2n) is 4.57. The molecule has 1 saturated heterocycles. The molecule has 0 radical (unpaired) electrons. The van der Waals surface area contributed by atoms with Gasteiger partial charge in [-0.05, 0) is 20.8 Å². The highest BCUT2D eigenvalue weighted by Crippen LogP contribution is 2.17. The highest BCUT2D eigenvalue weighted by atomic mass is 16.6. The Morgan fingerprint density at radius 2 is 1.85 bits per heavy atom. The van der Waals surface area contributed by atoms with E-state index in [-0.39, 0.29) is 6.09 Å². The second kappa shape index (κ2) is 2.85. The van der Waals surface area contributed by atoms with Gasteiger partial charge in [0.25, 0.3) is 0 Å². The lowest BCUT2D eigenvalue weighted by molar-refractivity contribution is -0.00684. The number of carbonyl (C=O) groups is 1. The van der Waals surface area contributed by atoms with Crippen molar-refractivity contribution in [1.82, 2.24) is 4.90 Å². The van der Waals surface area contributed by atoms with Crippen LogP contribution in [0.25, 0.3) is 0 Å². The SMILES string of the molecule is CC(C)(C)OC(=O)N1CC(N)(N)C1. The number of rotatable bonds is 0. The summed E-state index contributed by atoms with van der Waals surface area (Å²) in [6, 6.07) is 0. The Kier molecular flexibility index (Phi) is 2.25. The highest BCUT2D eigenvalue weighted by molar-refractivity contribution is 5.69. The summed E-state index contributed by atoms with van der Waals surface area (Å²) in [4.78, 5) is 12.8. The van der Waals surface area contributed by atoms with Crippen molar-refractivity contribution in [2.75, 3.05) is 13.1 Å². The Morgan fingerprint density at radius 1 is 1.38 bits per heavy atom. The standard InChI is InChI=1S/C8H17N3O2/c1-7(2,3)13-6(12)11-4-8(9,10)5-11/h4-5,9-10H2,1-3H3. The van der Waals surface area contributed by atoms with Gasteiger partial charge in [-0.25, -0.2) is 4.79 Å². The number of nitrogens with zero attached hydrogens (tertiary/aromatic N) is 1. The van der Waals surface area contributed by atoms with Gasteiger partial charge in [0, 0.05) is 0 Å². The molecule has 76 valence electrons. The van der Waals surface area contributed by atoms with Gasteiger partial charge in [-0.1, -0.05) is 0 Å². The van der Waals surface area contributed by atoms with E-state index in [0.29, 0.717) is 13.1 Å². The van der Waals surface area contributed by atoms with Crippen LogP contribution >= 0.6 is 0 Å². The minimum Gasteiger partial charge on any atom is -0.444 e. The van der Waals surface area contributed by atoms with Crippen molar-refractivity contribution in [2.24, 2.45) is 11.5 Å². The lowest BCUT2D eigenvalue weighted by atomic mass is 10.0. The third-order valence-corrected chi connectivity index (χ3v) is 1.62. The minimum atomic E-state index is -0.725. The van der Waals surface area contributed by atoms with Crippen LogP contribution in [-0.2, 0) is 4.74 Å². The number of likely N-dealkylation sites (tertiary alicyclic amines) is 1. The molecule has 4 N–H and O–H groups in total. The molecule has 1 rings (SSSR count). The summed E-state index contributed by atoms with van der Waals surface area (Å²) in [5.41, 5.74) is 9.90. The molecule has 1 aliphatic rings. The van der Waals surface area contributed by atoms with Crippen LogP contribution in [0.4, 0.5) is 4.79 Å². The van der Waals surface area contributed by atoms with E-state index in [0.717, 1.165) is 0 Å². The summed E-state index contributed by atoms with van der Waals surface area (Å²) < 4.78 is 5.11. The van der Waals surface area contributed by atoms with Crippen molar-refractivity contribution in [3.8, 4) is 0 Å². The van der Waals surface area contributed by atoms with Crippen LogP contribution in [0.5, 0.6) is 0 Å². The summed E-state index contributed by atoms with van der Waals surface area (Å²) in [7, 11) is 0. The van der Waals surface area contributed by atoms with E-state index in [1.807, 2.05) is 20.8 Å². The number of nitrogens with two attached hydrogens (primary N) is 2. The minimum absolute atomic E-state index is 0.348. The van der Waals surface area contributed by atoms with E-state index in [2.05, 4.69) is 0 Å². The van der Waals surface area contributed by atoms with Crippen LogP contribution in [0.2, 0.25) is 0 Å². The van der Waals surface area contributed by atoms with Gasteiger partial charge in [0.1, 0.15) is 11.3 Å². The van der Waals surface area contributed by atoms with E-state index in [9.17, 15) is 4.79 Å². The largest absolute Gasteiger partial charge is 0.444 e. The van der Waals surface area contributed by atoms with Gasteiger partial charge in [0.2, 0.25) is 0 Å². The van der Waals surface area contributed by atoms with Crippen LogP contribution in [0.1, 0.15) is 20.8 Å². The molecular weight excluding hydrogens is 170 g/mol. The summed E-state index contributed by atoms with van der Waals surface area (Å²) in [5.74, 6) is 0. The molecule has 0 spiro atoms. The van der Waals surface area contributed by atoms with Crippen LogP contribution in [0.3, 0.4) is 0 Å². The molecule has 5 nitrogen and oxygen atoms in total. The Balaban J connectivity index is 2.36. The Labute approximate surface area is 78.0 Å². The summed E-state index contributed by atoms with van der Waals surface area (Å²) in [5, 5.41) is 0. The summed E-state index contributed by atoms with van der Waals surface area (Å²) in [6.07, 6.45) is -0.348. The average molecular weight is 187 g/mol. The average Bonchev–Trinajstić information content (AvgIpc) is 1.77. The smallest absolute Gasteiger partial charge is 0.410 e. The molecule has 13 heavy (non-hydrogen) atoms. The molecule has 0 unspecified atom stereocenters. The predicted octanol–water partition coefficient (Wildman–Crippen LogP) is -0.149. The Morgan fingerprint density at radius 3 is 2.15 bits per heavy atom. The zero-order valence-electron chi connectivity index (χ0n) is 8.33. The van der Waals surface area contributed by atoms with Crippen LogP contribution in [-0.4, -0.2) is 35.3 Å². The fourth-order valence-corrected chi connectivity index (χ4v) is 1.12. The van der Waals surface area contributed by atoms with Crippen molar-refractivity contribution in [2.45, 2.75) is 32.0 Å². The molecule has 0 aromatic heterocycles. The molecule has 0 aromatic carbocycles. The van der Waals surface area contributed by atoms with Gasteiger partial charge >= 0.3 is 6.09 Å². The first-order chi connectivity index (χ1) is 5.70. The molecule has 1 heterocycles. The number of carbonyl (C=O) groups excluding carboxylic acids is 1. The monoisotopic (exact) mass is 187 g/mol. The van der Waals surface area contributed by atoms with Crippen LogP contribution < -0.4 is 11.5 Å². The Bertz CT molecular complexity index is 212. The highest BCUT2D eigenvalue weighted by Gasteiger charge is 2.40. The quantitative estimate of drug-likeness (QED) is 0.517. The van der Waals surface area contributed by atoms with Crippen molar-refractivity contribution in [1.29, 1.82) is 0 Å². The predicted molar refractivity (Wildman–Crippen MR) is 48.9 cm³/mol. The van der Waals surface area contributed by atoms with Crippen molar-refractivity contribution >= 4 is 6.09 Å². The lowest BCUT2D eigenvalue weighted by Gasteiger charge is -2.44. The van der Waals surface area contributed by atoms with Crippen molar-refractivity contribution in [3.63, 3.8) is 0 Å². The van der Waals surface area contributed by atoms with E-state index in [4.69, 9.17) is 16.2 Å². The molecule has 0 aliphatic carbocycles. The fourth-order valence-electron chi connectivity index (χ4n) is 1.12. The summed E-state index contributed by atoms with van der Waals surface area (Å²) >= 11 is 0. The second-order valence-corrected chi connectivity index (χ2v) is 4.57. The number of amides is 1. The maximum Gasteiger partial charge on any atom is 0.410 e. The molecule has 1 fully saturated rings. The van der Waals surface area contributed by atoms with Gasteiger partial charge < -0.3 is 21.1 Å². The molecule has 0 bridgehead atoms. The number of hydrogen-bond acceptors (Lipinski definition) is 4. The lowest BCUT2D eigenvalue weighted by Crippen LogP contribution is -2.74. The molecule has 1 aliphatic heterocycles. The van der Waals surface area contributed by atoms with Crippen LogP contribution in [0.15, 0.2) is 0 Å². The van der Waals surface area contributed by atoms with E-state index in [1.165, 1.54) is 4.90 Å². The first-order valence-electron chi connectivity index (χ1n) is 4.25. The molecule has 0 atom stereocenters. The molecular formula is C8H17N3O2. The number of ether oxygens (including phenoxy) is 1. The first-order valence-corrected chi connectivity index (χ1v) is 4.25. The maximum absolute atomic E-state index is 11.3. The summed E-state index contributed by atoms with van der Waals surface area (Å²) in [6.45, 7) is 6.19. The van der Waals surface area contributed by atoms with Crippen molar-refractivity contribution in [3.05, 3.63) is 0 Å². The Hall–Kier alpha value is -0.810. The van der Waals surface area contributed by atoms with E-state index in [1.54, 1.807) is 0 Å². The van der Waals surface area contributed by atoms with Gasteiger partial charge in [-0.2, -0.15) is 0 Å². The van der Waals surface area contributed by atoms with Gasteiger partial charge in [-0.15, -0.1) is 0 Å². The van der Waals surface area contributed by atoms with E-state index < -0.39 is 11.3 Å². The van der Waals surface area contributed by atoms with E-state index >= 15 is 0 Å². The zero-order chi connectivity index (χ0) is 10.3. The molecule has 1 amide bonds. The first kappa shape index (κ1) is 10.3. The topological polar surface area (TPSA) is 81.6 Å². The van der Waals surface area contributed by atoms with Gasteiger partial charge in [-0.3, -0.25) is 0 Å².